The number of hydrogen-bond acceptors (Lipinski definition) is 4. The maximum Gasteiger partial charge on any atom is 0.240 e. The molecule has 0 aliphatic heterocycles. The van der Waals surface area contributed by atoms with Crippen LogP contribution in [0.1, 0.15) is 31.2 Å². The molecule has 118 valence electrons. The summed E-state index contributed by atoms with van der Waals surface area (Å²) in [7, 11) is 0. The highest BCUT2D eigenvalue weighted by Crippen LogP contribution is 2.37. The van der Waals surface area contributed by atoms with Gasteiger partial charge in [-0.1, -0.05) is 25.0 Å². The number of nitrogens with one attached hydrogen (secondary N) is 1. The monoisotopic (exact) mass is 302 g/mol. The molecule has 2 rings (SSSR count). The fourth-order valence-electron chi connectivity index (χ4n) is 2.70. The molecule has 5 nitrogen and oxygen atoms in total. The van der Waals surface area contributed by atoms with Crippen molar-refractivity contribution in [1.82, 2.24) is 5.32 Å². The van der Waals surface area contributed by atoms with Crippen LogP contribution in [0.3, 0.4) is 0 Å². The van der Waals surface area contributed by atoms with Crippen LogP contribution in [-0.2, 0) is 4.79 Å². The minimum Gasteiger partial charge on any atom is -0.491 e. The summed E-state index contributed by atoms with van der Waals surface area (Å²) < 4.78 is 5.49. The Bertz CT molecular complexity index is 559. The van der Waals surface area contributed by atoms with Crippen molar-refractivity contribution in [2.45, 2.75) is 38.7 Å². The first-order valence-electron chi connectivity index (χ1n) is 7.63. The lowest BCUT2D eigenvalue weighted by Crippen LogP contribution is -2.43. The zero-order chi connectivity index (χ0) is 16.0. The molecule has 2 N–H and O–H groups in total. The van der Waals surface area contributed by atoms with E-state index in [-0.39, 0.29) is 19.1 Å². The fourth-order valence-corrected chi connectivity index (χ4v) is 2.70. The van der Waals surface area contributed by atoms with Crippen LogP contribution in [0.15, 0.2) is 24.3 Å². The molecule has 0 heterocycles. The van der Waals surface area contributed by atoms with E-state index in [0.29, 0.717) is 18.6 Å². The third-order valence-corrected chi connectivity index (χ3v) is 4.04. The van der Waals surface area contributed by atoms with E-state index in [0.717, 1.165) is 18.4 Å². The highest BCUT2D eigenvalue weighted by Gasteiger charge is 2.41. The van der Waals surface area contributed by atoms with E-state index in [9.17, 15) is 15.2 Å². The second-order valence-electron chi connectivity index (χ2n) is 5.89. The van der Waals surface area contributed by atoms with E-state index < -0.39 is 11.5 Å². The Hall–Kier alpha value is -2.06. The van der Waals surface area contributed by atoms with Crippen molar-refractivity contribution < 1.29 is 14.6 Å². The quantitative estimate of drug-likeness (QED) is 0.841. The normalized spacial score (nSPS) is 17.5. The van der Waals surface area contributed by atoms with Crippen LogP contribution in [0.5, 0.6) is 5.75 Å². The van der Waals surface area contributed by atoms with E-state index in [2.05, 4.69) is 11.4 Å². The Morgan fingerprint density at radius 1 is 1.50 bits per heavy atom. The SMILES string of the molecule is Cc1cccc(OCC(O)CNC(=O)C2(C#N)CCCC2)c1. The Labute approximate surface area is 130 Å². The summed E-state index contributed by atoms with van der Waals surface area (Å²) in [6.45, 7) is 2.16. The zero-order valence-electron chi connectivity index (χ0n) is 12.8. The maximum absolute atomic E-state index is 12.1. The summed E-state index contributed by atoms with van der Waals surface area (Å²) in [4.78, 5) is 12.1. The molecular formula is C17H22N2O3. The van der Waals surface area contributed by atoms with Crippen molar-refractivity contribution in [2.75, 3.05) is 13.2 Å². The van der Waals surface area contributed by atoms with Gasteiger partial charge >= 0.3 is 0 Å². The average Bonchev–Trinajstić information content (AvgIpc) is 3.01. The predicted molar refractivity (Wildman–Crippen MR) is 82.2 cm³/mol. The first-order valence-corrected chi connectivity index (χ1v) is 7.63. The molecule has 1 atom stereocenters. The number of nitrogens with zero attached hydrogens (tertiary/aromatic N) is 1. The molecule has 1 amide bonds. The Balaban J connectivity index is 1.77. The van der Waals surface area contributed by atoms with Crippen molar-refractivity contribution in [1.29, 1.82) is 5.26 Å². The number of aliphatic hydroxyl groups excluding tert-OH is 1. The largest absolute Gasteiger partial charge is 0.491 e. The van der Waals surface area contributed by atoms with Gasteiger partial charge in [0.05, 0.1) is 6.07 Å². The third-order valence-electron chi connectivity index (χ3n) is 4.04. The molecule has 1 unspecified atom stereocenters. The number of amides is 1. The topological polar surface area (TPSA) is 82.3 Å². The standard InChI is InChI=1S/C17H22N2O3/c1-13-5-4-6-15(9-13)22-11-14(20)10-19-16(21)17(12-18)7-2-3-8-17/h4-6,9,14,20H,2-3,7-8,10-11H2,1H3,(H,19,21). The number of ether oxygens (including phenoxy) is 1. The molecule has 22 heavy (non-hydrogen) atoms. The lowest BCUT2D eigenvalue weighted by atomic mass is 9.87. The summed E-state index contributed by atoms with van der Waals surface area (Å²) in [5.41, 5.74) is 0.175. The zero-order valence-corrected chi connectivity index (χ0v) is 12.8. The first-order chi connectivity index (χ1) is 10.6. The van der Waals surface area contributed by atoms with Gasteiger partial charge in [0.1, 0.15) is 23.9 Å². The third kappa shape index (κ3) is 3.99. The van der Waals surface area contributed by atoms with Crippen LogP contribution >= 0.6 is 0 Å². The maximum atomic E-state index is 12.1. The van der Waals surface area contributed by atoms with Crippen molar-refractivity contribution in [3.8, 4) is 11.8 Å². The van der Waals surface area contributed by atoms with Crippen LogP contribution in [0.2, 0.25) is 0 Å². The van der Waals surface area contributed by atoms with Crippen LogP contribution in [0, 0.1) is 23.7 Å². The van der Waals surface area contributed by atoms with E-state index in [1.54, 1.807) is 0 Å². The Morgan fingerprint density at radius 3 is 2.86 bits per heavy atom. The van der Waals surface area contributed by atoms with Crippen molar-refractivity contribution >= 4 is 5.91 Å². The average molecular weight is 302 g/mol. The summed E-state index contributed by atoms with van der Waals surface area (Å²) in [6, 6.07) is 9.69. The molecule has 5 heteroatoms. The molecule has 1 aromatic rings. The van der Waals surface area contributed by atoms with E-state index in [4.69, 9.17) is 4.74 Å². The molecule has 0 radical (unpaired) electrons. The van der Waals surface area contributed by atoms with Gasteiger partial charge in [-0.15, -0.1) is 0 Å². The Kier molecular flexibility index (Phi) is 5.40. The number of aliphatic hydroxyl groups is 1. The van der Waals surface area contributed by atoms with Gasteiger partial charge < -0.3 is 15.2 Å². The number of hydrogen-bond donors (Lipinski definition) is 2. The predicted octanol–water partition coefficient (Wildman–Crippen LogP) is 1.93. The van der Waals surface area contributed by atoms with E-state index >= 15 is 0 Å². The summed E-state index contributed by atoms with van der Waals surface area (Å²) in [6.07, 6.45) is 2.21. The first kappa shape index (κ1) is 16.3. The molecular weight excluding hydrogens is 280 g/mol. The molecule has 1 aliphatic carbocycles. The van der Waals surface area contributed by atoms with Crippen LogP contribution in [0.4, 0.5) is 0 Å². The second kappa shape index (κ2) is 7.28. The van der Waals surface area contributed by atoms with Gasteiger partial charge in [0.15, 0.2) is 0 Å². The number of nitriles is 1. The molecule has 1 aliphatic rings. The lowest BCUT2D eigenvalue weighted by molar-refractivity contribution is -0.128. The van der Waals surface area contributed by atoms with Crippen molar-refractivity contribution in [3.63, 3.8) is 0 Å². The van der Waals surface area contributed by atoms with Crippen molar-refractivity contribution in [3.05, 3.63) is 29.8 Å². The number of rotatable bonds is 6. The second-order valence-corrected chi connectivity index (χ2v) is 5.89. The molecule has 0 saturated heterocycles. The molecule has 0 bridgehead atoms. The molecule has 1 saturated carbocycles. The smallest absolute Gasteiger partial charge is 0.240 e. The van der Waals surface area contributed by atoms with Crippen molar-refractivity contribution in [2.24, 2.45) is 5.41 Å². The summed E-state index contributed by atoms with van der Waals surface area (Å²) in [5, 5.41) is 21.8. The van der Waals surface area contributed by atoms with Crippen LogP contribution in [-0.4, -0.2) is 30.3 Å². The van der Waals surface area contributed by atoms with Gasteiger partial charge in [0, 0.05) is 6.54 Å². The highest BCUT2D eigenvalue weighted by atomic mass is 16.5. The summed E-state index contributed by atoms with van der Waals surface area (Å²) in [5.74, 6) is 0.414. The van der Waals surface area contributed by atoms with Crippen LogP contribution < -0.4 is 10.1 Å². The molecule has 1 fully saturated rings. The highest BCUT2D eigenvalue weighted by molar-refractivity contribution is 5.85. The number of benzene rings is 1. The minimum atomic E-state index is -0.906. The Morgan fingerprint density at radius 2 is 2.23 bits per heavy atom. The number of carbonyl (C=O) groups is 1. The molecule has 0 aromatic heterocycles. The van der Waals surface area contributed by atoms with Gasteiger partial charge in [-0.3, -0.25) is 4.79 Å². The summed E-state index contributed by atoms with van der Waals surface area (Å²) >= 11 is 0. The van der Waals surface area contributed by atoms with E-state index in [1.807, 2.05) is 31.2 Å². The number of carbonyl (C=O) groups excluding carboxylic acids is 1. The van der Waals surface area contributed by atoms with Gasteiger partial charge in [-0.05, 0) is 37.5 Å². The van der Waals surface area contributed by atoms with E-state index in [1.165, 1.54) is 0 Å². The van der Waals surface area contributed by atoms with Gasteiger partial charge in [-0.25, -0.2) is 0 Å². The van der Waals surface area contributed by atoms with Gasteiger partial charge in [0.25, 0.3) is 0 Å². The molecule has 1 aromatic carbocycles. The van der Waals surface area contributed by atoms with Gasteiger partial charge in [0.2, 0.25) is 5.91 Å². The van der Waals surface area contributed by atoms with Crippen LogP contribution in [0.25, 0.3) is 0 Å². The number of aryl methyl sites for hydroxylation is 1. The fraction of sp³-hybridized carbons (Fsp3) is 0.529. The molecule has 0 spiro atoms. The lowest BCUT2D eigenvalue weighted by Gasteiger charge is -2.20. The minimum absolute atomic E-state index is 0.0913. The van der Waals surface area contributed by atoms with Gasteiger partial charge in [-0.2, -0.15) is 5.26 Å².